The van der Waals surface area contributed by atoms with Crippen LogP contribution in [0.15, 0.2) is 23.7 Å². The molecule has 114 valence electrons. The third-order valence-corrected chi connectivity index (χ3v) is 3.77. The molecule has 1 nitrogen and oxygen atoms in total. The molecule has 0 N–H and O–H groups in total. The Balaban J connectivity index is 0.000000829. The van der Waals surface area contributed by atoms with Gasteiger partial charge in [-0.15, -0.1) is 6.58 Å². The van der Waals surface area contributed by atoms with E-state index in [-0.39, 0.29) is 0 Å². The molecule has 1 aromatic rings. The molecule has 1 heterocycles. The highest BCUT2D eigenvalue weighted by molar-refractivity contribution is 5.51. The molecule has 0 amide bonds. The molecule has 1 aliphatic rings. The molecule has 2 unspecified atom stereocenters. The van der Waals surface area contributed by atoms with Crippen molar-refractivity contribution in [3.63, 3.8) is 0 Å². The van der Waals surface area contributed by atoms with E-state index < -0.39 is 0 Å². The highest BCUT2D eigenvalue weighted by Crippen LogP contribution is 2.35. The van der Waals surface area contributed by atoms with E-state index in [4.69, 9.17) is 4.42 Å². The number of allylic oxidation sites excluding steroid dienone is 1. The Hall–Kier alpha value is -1.24. The van der Waals surface area contributed by atoms with Crippen molar-refractivity contribution in [3.05, 3.63) is 41.9 Å². The summed E-state index contributed by atoms with van der Waals surface area (Å²) in [5.74, 6) is 3.59. The van der Waals surface area contributed by atoms with Gasteiger partial charge < -0.3 is 4.42 Å². The van der Waals surface area contributed by atoms with Crippen molar-refractivity contribution in [2.45, 2.75) is 60.8 Å². The molecule has 0 radical (unpaired) electrons. The third-order valence-electron chi connectivity index (χ3n) is 3.77. The lowest BCUT2D eigenvalue weighted by Gasteiger charge is -2.25. The maximum Gasteiger partial charge on any atom is 0.130 e. The summed E-state index contributed by atoms with van der Waals surface area (Å²) < 4.78 is 5.89. The van der Waals surface area contributed by atoms with Gasteiger partial charge in [-0.25, -0.2) is 0 Å². The second-order valence-corrected chi connectivity index (χ2v) is 4.91. The fraction of sp³-hybridized carbons (Fsp3) is 0.579. The summed E-state index contributed by atoms with van der Waals surface area (Å²) >= 11 is 0. The van der Waals surface area contributed by atoms with Gasteiger partial charge in [-0.1, -0.05) is 54.2 Å². The summed E-state index contributed by atoms with van der Waals surface area (Å²) in [7, 11) is 0. The Morgan fingerprint density at radius 3 is 2.10 bits per heavy atom. The average molecular weight is 276 g/mol. The molecule has 0 spiro atoms. The van der Waals surface area contributed by atoms with Crippen LogP contribution in [0.4, 0.5) is 0 Å². The lowest BCUT2D eigenvalue weighted by Crippen LogP contribution is -2.20. The van der Waals surface area contributed by atoms with Gasteiger partial charge in [-0.05, 0) is 36.3 Å². The van der Waals surface area contributed by atoms with Crippen molar-refractivity contribution in [2.75, 3.05) is 0 Å². The second kappa shape index (κ2) is 9.63. The molecule has 1 aromatic heterocycles. The Morgan fingerprint density at radius 2 is 1.60 bits per heavy atom. The molecule has 0 aromatic carbocycles. The third kappa shape index (κ3) is 4.13. The highest BCUT2D eigenvalue weighted by atomic mass is 16.3. The maximum atomic E-state index is 5.89. The molecule has 0 saturated carbocycles. The normalized spacial score (nSPS) is 19.7. The summed E-state index contributed by atoms with van der Waals surface area (Å²) in [6.07, 6.45) is 6.86. The number of furan rings is 1. The van der Waals surface area contributed by atoms with Crippen molar-refractivity contribution in [3.8, 4) is 0 Å². The molecule has 2 rings (SSSR count). The summed E-state index contributed by atoms with van der Waals surface area (Å²) in [5.41, 5.74) is 2.72. The maximum absolute atomic E-state index is 5.89. The van der Waals surface area contributed by atoms with Crippen LogP contribution in [0.25, 0.3) is 6.08 Å². The first kappa shape index (κ1) is 18.8. The first-order valence-corrected chi connectivity index (χ1v) is 8.04. The molecule has 1 heteroatoms. The molecule has 1 aliphatic carbocycles. The fourth-order valence-electron chi connectivity index (χ4n) is 2.52. The predicted octanol–water partition coefficient (Wildman–Crippen LogP) is 6.07. The minimum absolute atomic E-state index is 0.716. The quantitative estimate of drug-likeness (QED) is 0.610. The molecule has 0 bridgehead atoms. The zero-order valence-electron chi connectivity index (χ0n) is 14.3. The van der Waals surface area contributed by atoms with Gasteiger partial charge in [0.25, 0.3) is 0 Å². The Labute approximate surface area is 125 Å². The molecular weight excluding hydrogens is 244 g/mol. The zero-order chi connectivity index (χ0) is 15.7. The van der Waals surface area contributed by atoms with Gasteiger partial charge in [-0.2, -0.15) is 0 Å². The highest BCUT2D eigenvalue weighted by Gasteiger charge is 2.28. The fourth-order valence-corrected chi connectivity index (χ4v) is 2.52. The van der Waals surface area contributed by atoms with E-state index in [0.717, 1.165) is 30.9 Å². The van der Waals surface area contributed by atoms with Crippen molar-refractivity contribution in [1.82, 2.24) is 0 Å². The van der Waals surface area contributed by atoms with Crippen molar-refractivity contribution in [2.24, 2.45) is 11.8 Å². The van der Waals surface area contributed by atoms with Gasteiger partial charge in [0.1, 0.15) is 11.5 Å². The van der Waals surface area contributed by atoms with Crippen LogP contribution in [0.3, 0.4) is 0 Å². The minimum atomic E-state index is 0.716. The molecule has 2 atom stereocenters. The number of hydrogen-bond donors (Lipinski definition) is 0. The average Bonchev–Trinajstić information content (AvgIpc) is 2.82. The largest absolute Gasteiger partial charge is 0.461 e. The first-order chi connectivity index (χ1) is 9.67. The van der Waals surface area contributed by atoms with Crippen molar-refractivity contribution < 1.29 is 4.42 Å². The summed E-state index contributed by atoms with van der Waals surface area (Å²) in [6, 6.07) is 0. The van der Waals surface area contributed by atoms with E-state index in [1.165, 1.54) is 16.9 Å². The van der Waals surface area contributed by atoms with Crippen LogP contribution in [0.1, 0.15) is 64.2 Å². The number of rotatable bonds is 3. The monoisotopic (exact) mass is 276 g/mol. The first-order valence-electron chi connectivity index (χ1n) is 8.04. The number of fused-ring (bicyclic) bond motifs is 1. The number of hydrogen-bond acceptors (Lipinski definition) is 1. The standard InChI is InChI=1S/C15H20O.2C2H6/c1-5-7-12-13-8-10(3)11(4)9-15(13)16-14(12)6-2;2*1-2/h5-6,10-11H,1-2,7-9H2,3-4H3;2*1-2H3. The van der Waals surface area contributed by atoms with E-state index >= 15 is 0 Å². The smallest absolute Gasteiger partial charge is 0.130 e. The van der Waals surface area contributed by atoms with Crippen molar-refractivity contribution in [1.29, 1.82) is 0 Å². The summed E-state index contributed by atoms with van der Waals surface area (Å²) in [5, 5.41) is 0. The van der Waals surface area contributed by atoms with E-state index in [0.29, 0.717) is 5.92 Å². The van der Waals surface area contributed by atoms with Crippen LogP contribution < -0.4 is 0 Å². The van der Waals surface area contributed by atoms with Crippen molar-refractivity contribution >= 4 is 6.08 Å². The lowest BCUT2D eigenvalue weighted by atomic mass is 9.79. The predicted molar refractivity (Wildman–Crippen MR) is 91.1 cm³/mol. The molecule has 0 saturated heterocycles. The summed E-state index contributed by atoms with van der Waals surface area (Å²) in [4.78, 5) is 0. The molecule has 20 heavy (non-hydrogen) atoms. The van der Waals surface area contributed by atoms with Crippen LogP contribution in [0.2, 0.25) is 0 Å². The van der Waals surface area contributed by atoms with Gasteiger partial charge in [0.15, 0.2) is 0 Å². The lowest BCUT2D eigenvalue weighted by molar-refractivity contribution is 0.324. The Kier molecular flexibility index (Phi) is 9.03. The van der Waals surface area contributed by atoms with Gasteiger partial charge in [-0.3, -0.25) is 0 Å². The SMILES string of the molecule is C=CCc1c(C=C)oc2c1CC(C)C(C)C2.CC.CC. The topological polar surface area (TPSA) is 13.1 Å². The van der Waals surface area contributed by atoms with Gasteiger partial charge in [0.05, 0.1) is 0 Å². The van der Waals surface area contributed by atoms with Crippen LogP contribution >= 0.6 is 0 Å². The second-order valence-electron chi connectivity index (χ2n) is 4.91. The van der Waals surface area contributed by atoms with Crippen LogP contribution in [0.5, 0.6) is 0 Å². The van der Waals surface area contributed by atoms with Gasteiger partial charge in [0.2, 0.25) is 0 Å². The van der Waals surface area contributed by atoms with Crippen LogP contribution in [-0.2, 0) is 19.3 Å². The molecule has 0 fully saturated rings. The van der Waals surface area contributed by atoms with Gasteiger partial charge >= 0.3 is 0 Å². The Morgan fingerprint density at radius 1 is 1.05 bits per heavy atom. The zero-order valence-corrected chi connectivity index (χ0v) is 14.3. The van der Waals surface area contributed by atoms with Crippen LogP contribution in [0, 0.1) is 11.8 Å². The Bertz CT molecular complexity index is 412. The molecule has 0 aliphatic heterocycles. The summed E-state index contributed by atoms with van der Waals surface area (Å²) in [6.45, 7) is 20.3. The van der Waals surface area contributed by atoms with Crippen LogP contribution in [-0.4, -0.2) is 0 Å². The van der Waals surface area contributed by atoms with E-state index in [2.05, 4.69) is 27.0 Å². The molecular formula is C19H32O. The van der Waals surface area contributed by atoms with E-state index in [1.807, 2.05) is 39.8 Å². The van der Waals surface area contributed by atoms with E-state index in [9.17, 15) is 0 Å². The van der Waals surface area contributed by atoms with E-state index in [1.54, 1.807) is 0 Å². The minimum Gasteiger partial charge on any atom is -0.461 e. The van der Waals surface area contributed by atoms with Gasteiger partial charge in [0, 0.05) is 12.0 Å².